The SMILES string of the molecule is CCOc1ccc(Nc2nc(Cl)nc3sc4c(c23)CCCCC4)cc1. The highest BCUT2D eigenvalue weighted by molar-refractivity contribution is 7.19. The van der Waals surface area contributed by atoms with E-state index in [4.69, 9.17) is 16.3 Å². The number of fused-ring (bicyclic) bond motifs is 3. The number of aryl methyl sites for hydroxylation is 2. The molecule has 0 fully saturated rings. The number of nitrogens with one attached hydrogen (secondary N) is 1. The molecular formula is C19H20ClN3OS. The second-order valence-corrected chi connectivity index (χ2v) is 7.59. The van der Waals surface area contributed by atoms with Gasteiger partial charge in [0.25, 0.3) is 0 Å². The van der Waals surface area contributed by atoms with Gasteiger partial charge in [-0.2, -0.15) is 4.98 Å². The first-order valence-electron chi connectivity index (χ1n) is 8.72. The van der Waals surface area contributed by atoms with Crippen LogP contribution in [0.25, 0.3) is 10.2 Å². The maximum Gasteiger partial charge on any atom is 0.225 e. The average molecular weight is 374 g/mol. The van der Waals surface area contributed by atoms with Gasteiger partial charge in [0.1, 0.15) is 16.4 Å². The van der Waals surface area contributed by atoms with Crippen LogP contribution in [0, 0.1) is 0 Å². The van der Waals surface area contributed by atoms with Crippen LogP contribution in [0.1, 0.15) is 36.6 Å². The third kappa shape index (κ3) is 3.44. The number of hydrogen-bond donors (Lipinski definition) is 1. The van der Waals surface area contributed by atoms with Crippen LogP contribution in [0.3, 0.4) is 0 Å². The molecule has 3 aromatic rings. The summed E-state index contributed by atoms with van der Waals surface area (Å²) in [4.78, 5) is 11.4. The van der Waals surface area contributed by atoms with Crippen molar-refractivity contribution >= 4 is 44.7 Å². The average Bonchev–Trinajstić information content (AvgIpc) is 2.78. The second-order valence-electron chi connectivity index (χ2n) is 6.17. The molecule has 1 aliphatic rings. The number of thiophene rings is 1. The van der Waals surface area contributed by atoms with Crippen molar-refractivity contribution in [2.75, 3.05) is 11.9 Å². The molecule has 0 atom stereocenters. The Morgan fingerprint density at radius 3 is 2.72 bits per heavy atom. The van der Waals surface area contributed by atoms with Crippen molar-refractivity contribution in [2.24, 2.45) is 0 Å². The molecule has 4 rings (SSSR count). The summed E-state index contributed by atoms with van der Waals surface area (Å²) in [5.74, 6) is 1.67. The van der Waals surface area contributed by atoms with Crippen molar-refractivity contribution in [1.29, 1.82) is 0 Å². The fraction of sp³-hybridized carbons (Fsp3) is 0.368. The van der Waals surface area contributed by atoms with Crippen LogP contribution in [-0.4, -0.2) is 16.6 Å². The lowest BCUT2D eigenvalue weighted by Gasteiger charge is -2.10. The highest BCUT2D eigenvalue weighted by atomic mass is 35.5. The van der Waals surface area contributed by atoms with Gasteiger partial charge in [-0.15, -0.1) is 11.3 Å². The van der Waals surface area contributed by atoms with E-state index < -0.39 is 0 Å². The molecule has 2 aromatic heterocycles. The number of hydrogen-bond acceptors (Lipinski definition) is 5. The molecule has 1 aliphatic carbocycles. The fourth-order valence-corrected chi connectivity index (χ4v) is 4.82. The number of nitrogens with zero attached hydrogens (tertiary/aromatic N) is 2. The van der Waals surface area contributed by atoms with Crippen molar-refractivity contribution in [3.63, 3.8) is 0 Å². The van der Waals surface area contributed by atoms with Crippen molar-refractivity contribution in [2.45, 2.75) is 39.0 Å². The van der Waals surface area contributed by atoms with Crippen LogP contribution in [-0.2, 0) is 12.8 Å². The van der Waals surface area contributed by atoms with Crippen molar-refractivity contribution in [3.05, 3.63) is 40.0 Å². The monoisotopic (exact) mass is 373 g/mol. The van der Waals surface area contributed by atoms with E-state index in [1.807, 2.05) is 31.2 Å². The summed E-state index contributed by atoms with van der Waals surface area (Å²) in [6, 6.07) is 7.91. The molecule has 2 heterocycles. The first-order chi connectivity index (χ1) is 12.2. The molecule has 1 N–H and O–H groups in total. The van der Waals surface area contributed by atoms with Crippen LogP contribution in [0.4, 0.5) is 11.5 Å². The lowest BCUT2D eigenvalue weighted by molar-refractivity contribution is 0.340. The molecule has 0 unspecified atom stereocenters. The van der Waals surface area contributed by atoms with Crippen molar-refractivity contribution < 1.29 is 4.74 Å². The maximum absolute atomic E-state index is 6.18. The number of aromatic nitrogens is 2. The van der Waals surface area contributed by atoms with Gasteiger partial charge in [-0.25, -0.2) is 4.98 Å². The molecular weight excluding hydrogens is 354 g/mol. The smallest absolute Gasteiger partial charge is 0.225 e. The third-order valence-corrected chi connectivity index (χ3v) is 5.82. The number of rotatable bonds is 4. The van der Waals surface area contributed by atoms with E-state index in [1.54, 1.807) is 11.3 Å². The van der Waals surface area contributed by atoms with Gasteiger partial charge in [0.2, 0.25) is 5.28 Å². The van der Waals surface area contributed by atoms with Gasteiger partial charge in [-0.3, -0.25) is 0 Å². The lowest BCUT2D eigenvalue weighted by Crippen LogP contribution is -1.98. The minimum absolute atomic E-state index is 0.289. The minimum Gasteiger partial charge on any atom is -0.494 e. The topological polar surface area (TPSA) is 47.0 Å². The molecule has 0 spiro atoms. The molecule has 130 valence electrons. The van der Waals surface area contributed by atoms with Crippen LogP contribution < -0.4 is 10.1 Å². The van der Waals surface area contributed by atoms with Crippen LogP contribution >= 0.6 is 22.9 Å². The standard InChI is InChI=1S/C19H20ClN3OS/c1-2-24-13-10-8-12(9-11-13)21-17-16-14-6-4-3-5-7-15(14)25-18(16)23-19(20)22-17/h8-11H,2-7H2,1H3,(H,21,22,23). The van der Waals surface area contributed by atoms with E-state index in [2.05, 4.69) is 15.3 Å². The van der Waals surface area contributed by atoms with E-state index in [9.17, 15) is 0 Å². The third-order valence-electron chi connectivity index (χ3n) is 4.47. The molecule has 0 radical (unpaired) electrons. The van der Waals surface area contributed by atoms with Gasteiger partial charge in [0.15, 0.2) is 0 Å². The first kappa shape index (κ1) is 16.6. The van der Waals surface area contributed by atoms with E-state index in [0.29, 0.717) is 6.61 Å². The summed E-state index contributed by atoms with van der Waals surface area (Å²) >= 11 is 7.94. The summed E-state index contributed by atoms with van der Waals surface area (Å²) in [6.07, 6.45) is 6.00. The van der Waals surface area contributed by atoms with Gasteiger partial charge >= 0.3 is 0 Å². The Morgan fingerprint density at radius 2 is 1.92 bits per heavy atom. The maximum atomic E-state index is 6.18. The van der Waals surface area contributed by atoms with Crippen molar-refractivity contribution in [1.82, 2.24) is 9.97 Å². The zero-order valence-corrected chi connectivity index (χ0v) is 15.7. The largest absolute Gasteiger partial charge is 0.494 e. The van der Waals surface area contributed by atoms with Gasteiger partial charge in [-0.1, -0.05) is 6.42 Å². The molecule has 0 saturated carbocycles. The second kappa shape index (κ2) is 7.18. The Bertz CT molecular complexity index is 892. The predicted molar refractivity (Wildman–Crippen MR) is 105 cm³/mol. The first-order valence-corrected chi connectivity index (χ1v) is 9.91. The highest BCUT2D eigenvalue weighted by Gasteiger charge is 2.20. The normalized spacial score (nSPS) is 14.2. The molecule has 6 heteroatoms. The zero-order chi connectivity index (χ0) is 17.2. The van der Waals surface area contributed by atoms with E-state index in [0.717, 1.165) is 40.3 Å². The van der Waals surface area contributed by atoms with Gasteiger partial charge in [0.05, 0.1) is 12.0 Å². The Hall–Kier alpha value is -1.85. The summed E-state index contributed by atoms with van der Waals surface area (Å²) in [6.45, 7) is 2.64. The molecule has 0 bridgehead atoms. The minimum atomic E-state index is 0.289. The lowest BCUT2D eigenvalue weighted by atomic mass is 10.1. The number of ether oxygens (including phenoxy) is 1. The zero-order valence-electron chi connectivity index (χ0n) is 14.1. The van der Waals surface area contributed by atoms with E-state index in [1.165, 1.54) is 29.7 Å². The molecule has 0 saturated heterocycles. The summed E-state index contributed by atoms with van der Waals surface area (Å²) in [5.41, 5.74) is 2.37. The quantitative estimate of drug-likeness (QED) is 0.466. The summed E-state index contributed by atoms with van der Waals surface area (Å²) in [7, 11) is 0. The summed E-state index contributed by atoms with van der Waals surface area (Å²) < 4.78 is 5.50. The molecule has 1 aromatic carbocycles. The number of halogens is 1. The van der Waals surface area contributed by atoms with Crippen LogP contribution in [0.15, 0.2) is 24.3 Å². The molecule has 25 heavy (non-hydrogen) atoms. The van der Waals surface area contributed by atoms with E-state index in [-0.39, 0.29) is 5.28 Å². The Labute approximate surface area is 156 Å². The predicted octanol–water partition coefficient (Wildman–Crippen LogP) is 5.76. The number of anilines is 2. The highest BCUT2D eigenvalue weighted by Crippen LogP contribution is 2.39. The Kier molecular flexibility index (Phi) is 4.77. The molecule has 4 nitrogen and oxygen atoms in total. The van der Waals surface area contributed by atoms with E-state index >= 15 is 0 Å². The van der Waals surface area contributed by atoms with Gasteiger partial charge < -0.3 is 10.1 Å². The Balaban J connectivity index is 1.74. The number of benzene rings is 1. The van der Waals surface area contributed by atoms with Crippen LogP contribution in [0.5, 0.6) is 5.75 Å². The fourth-order valence-electron chi connectivity index (χ4n) is 3.34. The molecule has 0 aliphatic heterocycles. The van der Waals surface area contributed by atoms with Gasteiger partial charge in [0, 0.05) is 10.6 Å². The summed E-state index contributed by atoms with van der Waals surface area (Å²) in [5, 5.41) is 4.86. The van der Waals surface area contributed by atoms with Crippen LogP contribution in [0.2, 0.25) is 5.28 Å². The van der Waals surface area contributed by atoms with Gasteiger partial charge in [-0.05, 0) is 74.0 Å². The van der Waals surface area contributed by atoms with Crippen molar-refractivity contribution in [3.8, 4) is 5.75 Å². The molecule has 0 amide bonds. The Morgan fingerprint density at radius 1 is 1.12 bits per heavy atom.